The smallest absolute Gasteiger partial charge is 0.248 e. The van der Waals surface area contributed by atoms with Gasteiger partial charge in [0.1, 0.15) is 5.75 Å². The molecule has 0 saturated carbocycles. The number of rotatable bonds is 6. The van der Waals surface area contributed by atoms with Crippen LogP contribution < -0.4 is 21.5 Å². The summed E-state index contributed by atoms with van der Waals surface area (Å²) in [4.78, 5) is 23.0. The highest BCUT2D eigenvalue weighted by Crippen LogP contribution is 2.25. The fourth-order valence-electron chi connectivity index (χ4n) is 1.63. The number of anilines is 1. The lowest BCUT2D eigenvalue weighted by atomic mass is 10.1. The molecule has 0 saturated heterocycles. The van der Waals surface area contributed by atoms with Crippen molar-refractivity contribution in [3.63, 3.8) is 0 Å². The Kier molecular flexibility index (Phi) is 5.32. The van der Waals surface area contributed by atoms with Crippen LogP contribution in [0.3, 0.4) is 0 Å². The van der Waals surface area contributed by atoms with E-state index in [9.17, 15) is 9.59 Å². The fourth-order valence-corrected chi connectivity index (χ4v) is 1.63. The molecular weight excluding hydrogens is 246 g/mol. The highest BCUT2D eigenvalue weighted by Gasteiger charge is 2.15. The van der Waals surface area contributed by atoms with Crippen LogP contribution in [0.15, 0.2) is 18.2 Å². The average molecular weight is 265 g/mol. The van der Waals surface area contributed by atoms with Gasteiger partial charge in [-0.2, -0.15) is 0 Å². The summed E-state index contributed by atoms with van der Waals surface area (Å²) in [7, 11) is 1.47. The molecule has 1 rings (SSSR count). The molecule has 0 fully saturated rings. The van der Waals surface area contributed by atoms with Crippen LogP contribution in [0.1, 0.15) is 30.1 Å². The number of carbonyl (C=O) groups excluding carboxylic acids is 2. The Labute approximate surface area is 112 Å². The summed E-state index contributed by atoms with van der Waals surface area (Å²) >= 11 is 0. The van der Waals surface area contributed by atoms with Crippen LogP contribution in [0.4, 0.5) is 5.69 Å². The first-order valence-electron chi connectivity index (χ1n) is 6.03. The summed E-state index contributed by atoms with van der Waals surface area (Å²) in [5.74, 6) is -0.445. The van der Waals surface area contributed by atoms with Crippen molar-refractivity contribution < 1.29 is 14.3 Å². The number of benzene rings is 1. The molecule has 0 spiro atoms. The normalized spacial score (nSPS) is 11.7. The molecule has 6 nitrogen and oxygen atoms in total. The number of carbonyl (C=O) groups is 2. The number of hydrogen-bond acceptors (Lipinski definition) is 4. The monoisotopic (exact) mass is 265 g/mol. The second kappa shape index (κ2) is 6.75. The molecule has 0 aliphatic heterocycles. The maximum absolute atomic E-state index is 11.8. The van der Waals surface area contributed by atoms with Crippen molar-refractivity contribution in [3.8, 4) is 5.75 Å². The largest absolute Gasteiger partial charge is 0.495 e. The molecule has 0 bridgehead atoms. The molecule has 5 N–H and O–H groups in total. The molecule has 0 aliphatic rings. The van der Waals surface area contributed by atoms with E-state index in [-0.39, 0.29) is 5.91 Å². The molecule has 1 atom stereocenters. The Hall–Kier alpha value is -2.08. The van der Waals surface area contributed by atoms with Crippen LogP contribution in [0.5, 0.6) is 5.75 Å². The average Bonchev–Trinajstić information content (AvgIpc) is 2.38. The van der Waals surface area contributed by atoms with Crippen LogP contribution in [0.2, 0.25) is 0 Å². The van der Waals surface area contributed by atoms with Gasteiger partial charge in [-0.1, -0.05) is 13.3 Å². The zero-order chi connectivity index (χ0) is 14.4. The van der Waals surface area contributed by atoms with Crippen molar-refractivity contribution in [2.24, 2.45) is 11.5 Å². The molecule has 0 aromatic heterocycles. The summed E-state index contributed by atoms with van der Waals surface area (Å²) in [6.45, 7) is 1.95. The SMILES string of the molecule is CCC[C@H](N)C(=O)Nc1cc(C(N)=O)ccc1OC. The first-order chi connectivity index (χ1) is 8.99. The fraction of sp³-hybridized carbons (Fsp3) is 0.385. The molecule has 6 heteroatoms. The third kappa shape index (κ3) is 3.96. The van der Waals surface area contributed by atoms with Gasteiger partial charge in [0.25, 0.3) is 0 Å². The van der Waals surface area contributed by atoms with Gasteiger partial charge < -0.3 is 21.5 Å². The molecule has 19 heavy (non-hydrogen) atoms. The van der Waals surface area contributed by atoms with E-state index < -0.39 is 11.9 Å². The predicted octanol–water partition coefficient (Wildman–Crippen LogP) is 0.860. The van der Waals surface area contributed by atoms with E-state index >= 15 is 0 Å². The Balaban J connectivity index is 2.94. The first kappa shape index (κ1) is 15.0. The maximum atomic E-state index is 11.8. The Bertz CT molecular complexity index is 474. The third-order valence-corrected chi connectivity index (χ3v) is 2.68. The minimum atomic E-state index is -0.591. The quantitative estimate of drug-likeness (QED) is 0.709. The van der Waals surface area contributed by atoms with Crippen molar-refractivity contribution in [2.45, 2.75) is 25.8 Å². The predicted molar refractivity (Wildman–Crippen MR) is 73.0 cm³/mol. The number of methoxy groups -OCH3 is 1. The zero-order valence-corrected chi connectivity index (χ0v) is 11.1. The van der Waals surface area contributed by atoms with Gasteiger partial charge in [0.15, 0.2) is 0 Å². The number of hydrogen-bond donors (Lipinski definition) is 3. The number of ether oxygens (including phenoxy) is 1. The number of amides is 2. The maximum Gasteiger partial charge on any atom is 0.248 e. The van der Waals surface area contributed by atoms with Gasteiger partial charge >= 0.3 is 0 Å². The second-order valence-corrected chi connectivity index (χ2v) is 4.16. The van der Waals surface area contributed by atoms with E-state index in [1.54, 1.807) is 6.07 Å². The molecule has 0 unspecified atom stereocenters. The van der Waals surface area contributed by atoms with Gasteiger partial charge in [-0.25, -0.2) is 0 Å². The van der Waals surface area contributed by atoms with Crippen LogP contribution in [-0.4, -0.2) is 25.0 Å². The Morgan fingerprint density at radius 3 is 2.63 bits per heavy atom. The summed E-state index contributed by atoms with van der Waals surface area (Å²) < 4.78 is 5.11. The minimum Gasteiger partial charge on any atom is -0.495 e. The van der Waals surface area contributed by atoms with Gasteiger partial charge in [0, 0.05) is 5.56 Å². The van der Waals surface area contributed by atoms with Gasteiger partial charge in [-0.15, -0.1) is 0 Å². The topological polar surface area (TPSA) is 107 Å². The zero-order valence-electron chi connectivity index (χ0n) is 11.1. The third-order valence-electron chi connectivity index (χ3n) is 2.68. The summed E-state index contributed by atoms with van der Waals surface area (Å²) in [5, 5.41) is 2.64. The van der Waals surface area contributed by atoms with Gasteiger partial charge in [0.05, 0.1) is 18.8 Å². The van der Waals surface area contributed by atoms with E-state index in [1.165, 1.54) is 19.2 Å². The molecule has 1 aromatic carbocycles. The summed E-state index contributed by atoms with van der Waals surface area (Å²) in [5.41, 5.74) is 11.6. The standard InChI is InChI=1S/C13H19N3O3/c1-3-4-9(14)13(18)16-10-7-8(12(15)17)5-6-11(10)19-2/h5-7,9H,3-4,14H2,1-2H3,(H2,15,17)(H,16,18)/t9-/m0/s1. The lowest BCUT2D eigenvalue weighted by molar-refractivity contribution is -0.117. The van der Waals surface area contributed by atoms with E-state index in [2.05, 4.69) is 5.32 Å². The minimum absolute atomic E-state index is 0.292. The van der Waals surface area contributed by atoms with Crippen LogP contribution in [0.25, 0.3) is 0 Å². The van der Waals surface area contributed by atoms with E-state index in [1.807, 2.05) is 6.92 Å². The summed E-state index contributed by atoms with van der Waals surface area (Å²) in [6, 6.07) is 3.98. The molecule has 1 aromatic rings. The Morgan fingerprint density at radius 2 is 2.11 bits per heavy atom. The lowest BCUT2D eigenvalue weighted by Crippen LogP contribution is -2.35. The van der Waals surface area contributed by atoms with Crippen molar-refractivity contribution in [2.75, 3.05) is 12.4 Å². The number of nitrogens with two attached hydrogens (primary N) is 2. The van der Waals surface area contributed by atoms with Gasteiger partial charge in [0.2, 0.25) is 11.8 Å². The molecule has 0 radical (unpaired) electrons. The van der Waals surface area contributed by atoms with E-state index in [0.29, 0.717) is 23.4 Å². The lowest BCUT2D eigenvalue weighted by Gasteiger charge is -2.14. The number of nitrogens with one attached hydrogen (secondary N) is 1. The molecule has 104 valence electrons. The van der Waals surface area contributed by atoms with Crippen LogP contribution in [-0.2, 0) is 4.79 Å². The molecule has 0 heterocycles. The number of primary amides is 1. The highest BCUT2D eigenvalue weighted by atomic mass is 16.5. The van der Waals surface area contributed by atoms with E-state index in [0.717, 1.165) is 6.42 Å². The Morgan fingerprint density at radius 1 is 1.42 bits per heavy atom. The van der Waals surface area contributed by atoms with Crippen molar-refractivity contribution in [3.05, 3.63) is 23.8 Å². The van der Waals surface area contributed by atoms with E-state index in [4.69, 9.17) is 16.2 Å². The van der Waals surface area contributed by atoms with Crippen molar-refractivity contribution in [1.29, 1.82) is 0 Å². The molecule has 0 aliphatic carbocycles. The second-order valence-electron chi connectivity index (χ2n) is 4.16. The summed E-state index contributed by atoms with van der Waals surface area (Å²) in [6.07, 6.45) is 1.40. The van der Waals surface area contributed by atoms with Gasteiger partial charge in [-0.05, 0) is 24.6 Å². The highest BCUT2D eigenvalue weighted by molar-refractivity contribution is 5.99. The first-order valence-corrected chi connectivity index (χ1v) is 6.03. The van der Waals surface area contributed by atoms with Crippen LogP contribution >= 0.6 is 0 Å². The molecule has 2 amide bonds. The molecular formula is C13H19N3O3. The van der Waals surface area contributed by atoms with Gasteiger partial charge in [-0.3, -0.25) is 9.59 Å². The van der Waals surface area contributed by atoms with Crippen LogP contribution in [0, 0.1) is 0 Å². The van der Waals surface area contributed by atoms with Crippen molar-refractivity contribution >= 4 is 17.5 Å². The van der Waals surface area contributed by atoms with Crippen molar-refractivity contribution in [1.82, 2.24) is 0 Å².